The number of non-ortho nitro benzene ring substituents is 1. The number of esters is 1. The monoisotopic (exact) mass is 444 g/mol. The summed E-state index contributed by atoms with van der Waals surface area (Å²) < 4.78 is 5.11. The van der Waals surface area contributed by atoms with Crippen molar-refractivity contribution in [3.63, 3.8) is 0 Å². The van der Waals surface area contributed by atoms with Gasteiger partial charge in [0.25, 0.3) is 11.6 Å². The molecule has 1 aromatic heterocycles. The number of aromatic nitrogens is 2. The quantitative estimate of drug-likeness (QED) is 0.255. The number of nitro groups is 1. The van der Waals surface area contributed by atoms with Crippen molar-refractivity contribution in [1.29, 1.82) is 0 Å². The van der Waals surface area contributed by atoms with Crippen LogP contribution >= 0.6 is 0 Å². The number of anilines is 1. The van der Waals surface area contributed by atoms with Crippen LogP contribution in [0.4, 0.5) is 11.4 Å². The highest BCUT2D eigenvalue weighted by Gasteiger charge is 2.15. The van der Waals surface area contributed by atoms with E-state index in [1.807, 2.05) is 31.2 Å². The van der Waals surface area contributed by atoms with E-state index in [4.69, 9.17) is 4.74 Å². The van der Waals surface area contributed by atoms with Gasteiger partial charge in [0.15, 0.2) is 6.61 Å². The van der Waals surface area contributed by atoms with E-state index in [2.05, 4.69) is 15.3 Å². The van der Waals surface area contributed by atoms with Crippen molar-refractivity contribution in [1.82, 2.24) is 9.97 Å². The fourth-order valence-corrected chi connectivity index (χ4v) is 3.24. The molecule has 0 aliphatic rings. The van der Waals surface area contributed by atoms with Crippen LogP contribution in [0.25, 0.3) is 22.4 Å². The molecule has 0 unspecified atom stereocenters. The molecule has 0 fully saturated rings. The highest BCUT2D eigenvalue weighted by atomic mass is 16.6. The van der Waals surface area contributed by atoms with E-state index in [0.29, 0.717) is 22.4 Å². The molecule has 0 radical (unpaired) electrons. The normalized spacial score (nSPS) is 10.7. The summed E-state index contributed by atoms with van der Waals surface area (Å²) in [7, 11) is 0. The Hall–Kier alpha value is -4.53. The summed E-state index contributed by atoms with van der Waals surface area (Å²) in [4.78, 5) is 42.8. The predicted octanol–water partition coefficient (Wildman–Crippen LogP) is 4.55. The van der Waals surface area contributed by atoms with Gasteiger partial charge in [-0.2, -0.15) is 0 Å². The molecule has 1 amide bonds. The number of ether oxygens (including phenoxy) is 1. The highest BCUT2D eigenvalue weighted by molar-refractivity contribution is 5.97. The van der Waals surface area contributed by atoms with Gasteiger partial charge in [-0.25, -0.2) is 9.78 Å². The summed E-state index contributed by atoms with van der Waals surface area (Å²) in [6, 6.07) is 16.9. The fraction of sp³-hybridized carbons (Fsp3) is 0.125. The molecule has 0 bridgehead atoms. The number of amides is 1. The van der Waals surface area contributed by atoms with E-state index in [1.165, 1.54) is 18.2 Å². The van der Waals surface area contributed by atoms with Crippen LogP contribution in [0.3, 0.4) is 0 Å². The molecule has 33 heavy (non-hydrogen) atoms. The number of carbonyl (C=O) groups is 2. The third-order valence-electron chi connectivity index (χ3n) is 5.08. The number of aromatic amines is 1. The van der Waals surface area contributed by atoms with Gasteiger partial charge < -0.3 is 15.0 Å². The van der Waals surface area contributed by atoms with E-state index in [0.717, 1.165) is 11.1 Å². The maximum Gasteiger partial charge on any atom is 0.338 e. The molecule has 9 heteroatoms. The average molecular weight is 444 g/mol. The maximum absolute atomic E-state index is 12.4. The molecule has 0 spiro atoms. The van der Waals surface area contributed by atoms with Crippen LogP contribution < -0.4 is 5.32 Å². The molecule has 2 N–H and O–H groups in total. The molecule has 166 valence electrons. The summed E-state index contributed by atoms with van der Waals surface area (Å²) in [5, 5.41) is 13.5. The number of aryl methyl sites for hydroxylation is 2. The van der Waals surface area contributed by atoms with Gasteiger partial charge in [0, 0.05) is 17.7 Å². The number of H-pyrrole nitrogens is 1. The van der Waals surface area contributed by atoms with Crippen LogP contribution in [0.1, 0.15) is 21.5 Å². The Morgan fingerprint density at radius 3 is 2.55 bits per heavy atom. The SMILES string of the molecule is Cc1ccc(-c2nc3ccc(C(=O)OCC(=O)Nc4cc([N+](=O)[O-])ccc4C)cc3[nH]2)cc1. The van der Waals surface area contributed by atoms with Gasteiger partial charge in [-0.05, 0) is 37.6 Å². The minimum absolute atomic E-state index is 0.147. The second-order valence-corrected chi connectivity index (χ2v) is 7.56. The van der Waals surface area contributed by atoms with Crippen LogP contribution in [0, 0.1) is 24.0 Å². The Labute approximate surface area is 188 Å². The van der Waals surface area contributed by atoms with Crippen molar-refractivity contribution in [3.05, 3.63) is 87.5 Å². The molecule has 0 aliphatic carbocycles. The zero-order valence-electron chi connectivity index (χ0n) is 17.9. The lowest BCUT2D eigenvalue weighted by molar-refractivity contribution is -0.384. The Morgan fingerprint density at radius 1 is 1.06 bits per heavy atom. The minimum atomic E-state index is -0.672. The molecule has 0 saturated heterocycles. The Balaban J connectivity index is 1.42. The number of nitrogens with zero attached hydrogens (tertiary/aromatic N) is 2. The van der Waals surface area contributed by atoms with Crippen molar-refractivity contribution < 1.29 is 19.2 Å². The summed E-state index contributed by atoms with van der Waals surface area (Å²) in [5.41, 5.74) is 4.48. The number of hydrogen-bond acceptors (Lipinski definition) is 6. The van der Waals surface area contributed by atoms with E-state index in [1.54, 1.807) is 25.1 Å². The molecule has 3 aromatic carbocycles. The molecular formula is C24H20N4O5. The first-order valence-corrected chi connectivity index (χ1v) is 10.1. The lowest BCUT2D eigenvalue weighted by atomic mass is 10.1. The van der Waals surface area contributed by atoms with Crippen molar-refractivity contribution >= 4 is 34.3 Å². The first kappa shape index (κ1) is 21.7. The van der Waals surface area contributed by atoms with Gasteiger partial charge in [-0.3, -0.25) is 14.9 Å². The van der Waals surface area contributed by atoms with E-state index in [-0.39, 0.29) is 16.9 Å². The summed E-state index contributed by atoms with van der Waals surface area (Å²) >= 11 is 0. The number of benzene rings is 3. The van der Waals surface area contributed by atoms with Crippen LogP contribution in [-0.4, -0.2) is 33.4 Å². The highest BCUT2D eigenvalue weighted by Crippen LogP contribution is 2.23. The molecule has 9 nitrogen and oxygen atoms in total. The zero-order chi connectivity index (χ0) is 23.5. The minimum Gasteiger partial charge on any atom is -0.452 e. The number of carbonyl (C=O) groups excluding carboxylic acids is 2. The van der Waals surface area contributed by atoms with E-state index in [9.17, 15) is 19.7 Å². The Morgan fingerprint density at radius 2 is 1.82 bits per heavy atom. The maximum atomic E-state index is 12.4. The number of nitro benzene ring substituents is 1. The standard InChI is InChI=1S/C24H20N4O5/c1-14-3-6-16(7-4-14)23-26-19-10-8-17(11-21(19)27-23)24(30)33-13-22(29)25-20-12-18(28(31)32)9-5-15(20)2/h3-12H,13H2,1-2H3,(H,25,29)(H,26,27). The average Bonchev–Trinajstić information content (AvgIpc) is 3.22. The van der Waals surface area contributed by atoms with Gasteiger partial charge >= 0.3 is 5.97 Å². The van der Waals surface area contributed by atoms with Gasteiger partial charge in [-0.1, -0.05) is 35.9 Å². The number of hydrogen-bond donors (Lipinski definition) is 2. The van der Waals surface area contributed by atoms with Crippen LogP contribution in [0.5, 0.6) is 0 Å². The second kappa shape index (κ2) is 8.91. The van der Waals surface area contributed by atoms with Gasteiger partial charge in [0.1, 0.15) is 5.82 Å². The molecule has 0 saturated carbocycles. The van der Waals surface area contributed by atoms with Gasteiger partial charge in [0.2, 0.25) is 0 Å². The number of rotatable bonds is 6. The lowest BCUT2D eigenvalue weighted by Gasteiger charge is -2.09. The lowest BCUT2D eigenvalue weighted by Crippen LogP contribution is -2.21. The molecule has 4 aromatic rings. The number of imidazole rings is 1. The van der Waals surface area contributed by atoms with Gasteiger partial charge in [0.05, 0.1) is 27.2 Å². The molecule has 1 heterocycles. The zero-order valence-corrected chi connectivity index (χ0v) is 17.9. The Kier molecular flexibility index (Phi) is 5.86. The smallest absolute Gasteiger partial charge is 0.338 e. The summed E-state index contributed by atoms with van der Waals surface area (Å²) in [5.74, 6) is -0.590. The summed E-state index contributed by atoms with van der Waals surface area (Å²) in [6.45, 7) is 3.18. The van der Waals surface area contributed by atoms with Crippen molar-refractivity contribution in [2.24, 2.45) is 0 Å². The van der Waals surface area contributed by atoms with Crippen LogP contribution in [-0.2, 0) is 9.53 Å². The van der Waals surface area contributed by atoms with E-state index >= 15 is 0 Å². The Bertz CT molecular complexity index is 1380. The van der Waals surface area contributed by atoms with Crippen LogP contribution in [0.15, 0.2) is 60.7 Å². The van der Waals surface area contributed by atoms with Crippen molar-refractivity contribution in [2.45, 2.75) is 13.8 Å². The third-order valence-corrected chi connectivity index (χ3v) is 5.08. The predicted molar refractivity (Wildman–Crippen MR) is 123 cm³/mol. The van der Waals surface area contributed by atoms with Crippen molar-refractivity contribution in [3.8, 4) is 11.4 Å². The topological polar surface area (TPSA) is 127 Å². The first-order valence-electron chi connectivity index (χ1n) is 10.1. The molecule has 0 atom stereocenters. The summed E-state index contributed by atoms with van der Waals surface area (Å²) in [6.07, 6.45) is 0. The molecule has 4 rings (SSSR count). The first-order chi connectivity index (χ1) is 15.8. The largest absolute Gasteiger partial charge is 0.452 e. The number of fused-ring (bicyclic) bond motifs is 1. The third kappa shape index (κ3) is 4.87. The number of nitrogens with one attached hydrogen (secondary N) is 2. The molecule has 0 aliphatic heterocycles. The van der Waals surface area contributed by atoms with Crippen LogP contribution in [0.2, 0.25) is 0 Å². The second-order valence-electron chi connectivity index (χ2n) is 7.56. The van der Waals surface area contributed by atoms with Crippen molar-refractivity contribution in [2.75, 3.05) is 11.9 Å². The fourth-order valence-electron chi connectivity index (χ4n) is 3.24. The van der Waals surface area contributed by atoms with E-state index < -0.39 is 23.4 Å². The molecular weight excluding hydrogens is 424 g/mol. The van der Waals surface area contributed by atoms with Gasteiger partial charge in [-0.15, -0.1) is 0 Å².